The molecule has 1 N–H and O–H groups in total. The van der Waals surface area contributed by atoms with Gasteiger partial charge in [-0.05, 0) is 53.1 Å². The van der Waals surface area contributed by atoms with Crippen LogP contribution in [0.4, 0.5) is 14.5 Å². The number of anilines is 1. The van der Waals surface area contributed by atoms with Gasteiger partial charge in [-0.1, -0.05) is 43.8 Å². The number of hydrogen-bond donors (Lipinski definition) is 1. The van der Waals surface area contributed by atoms with Crippen LogP contribution in [0.1, 0.15) is 31.8 Å². The molecule has 0 aliphatic rings. The number of ether oxygens (including phenoxy) is 2. The van der Waals surface area contributed by atoms with Crippen LogP contribution < -0.4 is 5.32 Å². The maximum atomic E-state index is 13.8. The van der Waals surface area contributed by atoms with E-state index in [0.29, 0.717) is 33.5 Å². The zero-order valence-corrected chi connectivity index (χ0v) is 21.8. The lowest BCUT2D eigenvalue weighted by Gasteiger charge is -2.15. The molecule has 0 aromatic heterocycles. The predicted molar refractivity (Wildman–Crippen MR) is 138 cm³/mol. The molecule has 8 heteroatoms. The Hall–Kier alpha value is -3.96. The molecule has 0 heterocycles. The largest absolute Gasteiger partial charge is 0.465 e. The van der Waals surface area contributed by atoms with E-state index in [0.717, 1.165) is 12.1 Å². The molecule has 3 rings (SSSR count). The molecule has 0 bridgehead atoms. The molecule has 3 aromatic rings. The fourth-order valence-corrected chi connectivity index (χ4v) is 3.91. The Morgan fingerprint density at radius 3 is 2.11 bits per heavy atom. The minimum absolute atomic E-state index is 0.178. The van der Waals surface area contributed by atoms with Crippen molar-refractivity contribution in [1.29, 1.82) is 0 Å². The maximum Gasteiger partial charge on any atom is 0.339 e. The fourth-order valence-electron chi connectivity index (χ4n) is 3.39. The third kappa shape index (κ3) is 6.58. The van der Waals surface area contributed by atoms with Crippen LogP contribution in [0.25, 0.3) is 11.1 Å². The lowest BCUT2D eigenvalue weighted by atomic mass is 10.0. The van der Waals surface area contributed by atoms with Crippen molar-refractivity contribution < 1.29 is 27.8 Å². The fraction of sp³-hybridized carbons (Fsp3) is 0.214. The summed E-state index contributed by atoms with van der Waals surface area (Å²) in [5, 5.41) is 3.17. The average Bonchev–Trinajstić information content (AvgIpc) is 2.86. The smallest absolute Gasteiger partial charge is 0.339 e. The van der Waals surface area contributed by atoms with Crippen LogP contribution in [0, 0.1) is 23.1 Å². The van der Waals surface area contributed by atoms with Crippen molar-refractivity contribution in [2.24, 2.45) is 0 Å². The van der Waals surface area contributed by atoms with E-state index in [-0.39, 0.29) is 12.1 Å². The highest BCUT2D eigenvalue weighted by Crippen LogP contribution is 2.28. The summed E-state index contributed by atoms with van der Waals surface area (Å²) in [5.41, 5.74) is 6.62. The van der Waals surface area contributed by atoms with Crippen molar-refractivity contribution >= 4 is 25.7 Å². The van der Waals surface area contributed by atoms with Crippen LogP contribution in [-0.2, 0) is 16.0 Å². The third-order valence-electron chi connectivity index (χ3n) is 5.24. The Morgan fingerprint density at radius 1 is 0.833 bits per heavy atom. The second-order valence-corrected chi connectivity index (χ2v) is 13.8. The topological polar surface area (TPSA) is 64.6 Å². The highest BCUT2D eigenvalue weighted by atomic mass is 28.3. The molecular weight excluding hydrogens is 480 g/mol. The van der Waals surface area contributed by atoms with E-state index >= 15 is 0 Å². The second kappa shape index (κ2) is 11.2. The number of carbonyl (C=O) groups is 2. The molecule has 5 nitrogen and oxygen atoms in total. The molecule has 0 aliphatic carbocycles. The normalized spacial score (nSPS) is 10.8. The summed E-state index contributed by atoms with van der Waals surface area (Å²) in [4.78, 5) is 24.8. The molecule has 0 saturated carbocycles. The molecule has 0 spiro atoms. The van der Waals surface area contributed by atoms with Crippen molar-refractivity contribution in [3.05, 3.63) is 88.5 Å². The Morgan fingerprint density at radius 2 is 1.47 bits per heavy atom. The van der Waals surface area contributed by atoms with Gasteiger partial charge in [0.25, 0.3) is 0 Å². The summed E-state index contributed by atoms with van der Waals surface area (Å²) in [7, 11) is 0.970. The van der Waals surface area contributed by atoms with Crippen LogP contribution in [0.2, 0.25) is 19.6 Å². The highest BCUT2D eigenvalue weighted by molar-refractivity contribution is 6.83. The summed E-state index contributed by atoms with van der Waals surface area (Å²) in [5.74, 6) is 0.138. The number of esters is 2. The van der Waals surface area contributed by atoms with E-state index < -0.39 is 31.6 Å². The second-order valence-electron chi connectivity index (χ2n) is 9.10. The minimum Gasteiger partial charge on any atom is -0.465 e. The van der Waals surface area contributed by atoms with Crippen LogP contribution in [0.5, 0.6) is 0 Å². The van der Waals surface area contributed by atoms with Crippen molar-refractivity contribution in [2.45, 2.75) is 26.2 Å². The van der Waals surface area contributed by atoms with E-state index in [1.165, 1.54) is 20.3 Å². The maximum absolute atomic E-state index is 13.8. The van der Waals surface area contributed by atoms with Gasteiger partial charge in [0.15, 0.2) is 11.6 Å². The standard InChI is InChI=1S/C28H27F2NO4Si/c1-34-27(32)22-10-8-20(19-9-11-24(29)25(30)15-19)16-26(22)31-17-21-7-6-18(12-13-36(3,4)5)14-23(21)28(33)35-2/h6-11,14-16,31H,17H2,1-5H3. The van der Waals surface area contributed by atoms with E-state index in [1.807, 2.05) is 6.07 Å². The molecule has 0 fully saturated rings. The van der Waals surface area contributed by atoms with Gasteiger partial charge in [0.2, 0.25) is 0 Å². The van der Waals surface area contributed by atoms with Crippen LogP contribution in [0.15, 0.2) is 54.6 Å². The molecule has 186 valence electrons. The third-order valence-corrected chi connectivity index (χ3v) is 6.12. The van der Waals surface area contributed by atoms with Crippen LogP contribution >= 0.6 is 0 Å². The van der Waals surface area contributed by atoms with Crippen LogP contribution in [-0.4, -0.2) is 34.2 Å². The molecule has 0 amide bonds. The van der Waals surface area contributed by atoms with Gasteiger partial charge in [-0.15, -0.1) is 5.54 Å². The summed E-state index contributed by atoms with van der Waals surface area (Å²) in [6.45, 7) is 6.57. The van der Waals surface area contributed by atoms with Gasteiger partial charge in [-0.25, -0.2) is 18.4 Å². The first-order valence-corrected chi connectivity index (χ1v) is 14.7. The van der Waals surface area contributed by atoms with Gasteiger partial charge < -0.3 is 14.8 Å². The number of rotatable bonds is 6. The Labute approximate surface area is 210 Å². The molecule has 0 aliphatic heterocycles. The van der Waals surface area contributed by atoms with E-state index in [2.05, 4.69) is 36.4 Å². The number of hydrogen-bond acceptors (Lipinski definition) is 5. The number of halogens is 2. The number of methoxy groups -OCH3 is 2. The molecule has 36 heavy (non-hydrogen) atoms. The summed E-state index contributed by atoms with van der Waals surface area (Å²) < 4.78 is 37.0. The number of carbonyl (C=O) groups excluding carboxylic acids is 2. The van der Waals surface area contributed by atoms with Crippen LogP contribution in [0.3, 0.4) is 0 Å². The van der Waals surface area contributed by atoms with E-state index in [1.54, 1.807) is 30.3 Å². The van der Waals surface area contributed by atoms with Crippen molar-refractivity contribution in [2.75, 3.05) is 19.5 Å². The SMILES string of the molecule is COC(=O)c1cc(C#C[Si](C)(C)C)ccc1CNc1cc(-c2ccc(F)c(F)c2)ccc1C(=O)OC. The first-order chi connectivity index (χ1) is 17.0. The molecule has 0 unspecified atom stereocenters. The lowest BCUT2D eigenvalue weighted by Crippen LogP contribution is -2.16. The predicted octanol–water partition coefficient (Wildman–Crippen LogP) is 6.05. The first-order valence-electron chi connectivity index (χ1n) is 11.2. The number of nitrogens with one attached hydrogen (secondary N) is 1. The summed E-state index contributed by atoms with van der Waals surface area (Å²) >= 11 is 0. The number of benzene rings is 3. The minimum atomic E-state index is -1.60. The molecule has 0 atom stereocenters. The average molecular weight is 508 g/mol. The van der Waals surface area contributed by atoms with Gasteiger partial charge in [0, 0.05) is 17.8 Å². The Bertz CT molecular complexity index is 1370. The van der Waals surface area contributed by atoms with E-state index in [4.69, 9.17) is 9.47 Å². The van der Waals surface area contributed by atoms with Gasteiger partial charge in [0.1, 0.15) is 8.07 Å². The summed E-state index contributed by atoms with van der Waals surface area (Å²) in [6.07, 6.45) is 0. The molecule has 0 saturated heterocycles. The molecule has 0 radical (unpaired) electrons. The quantitative estimate of drug-likeness (QED) is 0.250. The Balaban J connectivity index is 1.98. The van der Waals surface area contributed by atoms with Gasteiger partial charge in [-0.3, -0.25) is 0 Å². The van der Waals surface area contributed by atoms with Gasteiger partial charge >= 0.3 is 11.9 Å². The molecule has 3 aromatic carbocycles. The molecular formula is C28H27F2NO4Si. The Kier molecular flexibility index (Phi) is 8.28. The van der Waals surface area contributed by atoms with Gasteiger partial charge in [-0.2, -0.15) is 0 Å². The lowest BCUT2D eigenvalue weighted by molar-refractivity contribution is 0.0591. The first kappa shape index (κ1) is 26.6. The van der Waals surface area contributed by atoms with Crippen molar-refractivity contribution in [3.8, 4) is 22.6 Å². The van der Waals surface area contributed by atoms with Crippen molar-refractivity contribution in [3.63, 3.8) is 0 Å². The highest BCUT2D eigenvalue weighted by Gasteiger charge is 2.17. The summed E-state index contributed by atoms with van der Waals surface area (Å²) in [6, 6.07) is 13.7. The van der Waals surface area contributed by atoms with Crippen molar-refractivity contribution in [1.82, 2.24) is 0 Å². The monoisotopic (exact) mass is 507 g/mol. The zero-order valence-electron chi connectivity index (χ0n) is 20.8. The van der Waals surface area contributed by atoms with E-state index in [9.17, 15) is 18.4 Å². The van der Waals surface area contributed by atoms with Gasteiger partial charge in [0.05, 0.1) is 25.3 Å². The zero-order chi connectivity index (χ0) is 26.5.